The van der Waals surface area contributed by atoms with Crippen molar-refractivity contribution in [3.05, 3.63) is 41.1 Å². The number of benzene rings is 1. The first-order valence-corrected chi connectivity index (χ1v) is 7.26. The highest BCUT2D eigenvalue weighted by Gasteiger charge is 2.38. The van der Waals surface area contributed by atoms with Gasteiger partial charge in [-0.05, 0) is 25.0 Å². The fourth-order valence-corrected chi connectivity index (χ4v) is 2.22. The Labute approximate surface area is 137 Å². The van der Waals surface area contributed by atoms with Gasteiger partial charge in [0.2, 0.25) is 0 Å². The van der Waals surface area contributed by atoms with Gasteiger partial charge in [-0.15, -0.1) is 0 Å². The first-order chi connectivity index (χ1) is 11.3. The standard InChI is InChI=1S/C16H17F3N2O3/c1-4-11-7-5-6-8-12(11)21(3)13(22)9-23-15-10(2)14(20-24-15)16(17,18)19/h5-8H,4,9H2,1-3H3. The molecular weight excluding hydrogens is 325 g/mol. The van der Waals surface area contributed by atoms with Gasteiger partial charge in [0, 0.05) is 12.7 Å². The maximum atomic E-state index is 12.6. The number of nitrogens with zero attached hydrogens (tertiary/aromatic N) is 2. The lowest BCUT2D eigenvalue weighted by atomic mass is 10.1. The largest absolute Gasteiger partial charge is 0.453 e. The van der Waals surface area contributed by atoms with Crippen LogP contribution in [0, 0.1) is 6.92 Å². The quantitative estimate of drug-likeness (QED) is 0.833. The predicted octanol–water partition coefficient (Wildman–Crippen LogP) is 3.61. The number of ether oxygens (including phenoxy) is 1. The summed E-state index contributed by atoms with van der Waals surface area (Å²) in [6.07, 6.45) is -3.89. The Kier molecular flexibility index (Phi) is 5.16. The van der Waals surface area contributed by atoms with E-state index < -0.39 is 30.3 Å². The third-order valence-electron chi connectivity index (χ3n) is 3.58. The van der Waals surface area contributed by atoms with Crippen LogP contribution in [0.2, 0.25) is 0 Å². The molecule has 5 nitrogen and oxygen atoms in total. The number of likely N-dealkylation sites (N-methyl/N-ethyl adjacent to an activating group) is 1. The zero-order chi connectivity index (χ0) is 17.9. The average molecular weight is 342 g/mol. The van der Waals surface area contributed by atoms with Crippen LogP contribution < -0.4 is 9.64 Å². The molecule has 1 amide bonds. The number of para-hydroxylation sites is 1. The summed E-state index contributed by atoms with van der Waals surface area (Å²) in [6, 6.07) is 7.36. The molecule has 0 saturated heterocycles. The average Bonchev–Trinajstić information content (AvgIpc) is 2.92. The molecule has 24 heavy (non-hydrogen) atoms. The van der Waals surface area contributed by atoms with Gasteiger partial charge in [-0.3, -0.25) is 4.79 Å². The zero-order valence-electron chi connectivity index (χ0n) is 13.5. The molecule has 2 rings (SSSR count). The molecule has 0 aliphatic heterocycles. The molecule has 130 valence electrons. The summed E-state index contributed by atoms with van der Waals surface area (Å²) in [5, 5.41) is 2.95. The van der Waals surface area contributed by atoms with Crippen LogP contribution in [0.1, 0.15) is 23.7 Å². The van der Waals surface area contributed by atoms with E-state index in [0.29, 0.717) is 0 Å². The summed E-state index contributed by atoms with van der Waals surface area (Å²) in [5.41, 5.74) is 0.254. The smallest absolute Gasteiger partial charge is 0.437 e. The number of anilines is 1. The summed E-state index contributed by atoms with van der Waals surface area (Å²) >= 11 is 0. The third-order valence-corrected chi connectivity index (χ3v) is 3.58. The molecule has 0 bridgehead atoms. The Balaban J connectivity index is 2.07. The summed E-state index contributed by atoms with van der Waals surface area (Å²) in [7, 11) is 1.58. The lowest BCUT2D eigenvalue weighted by Gasteiger charge is -2.20. The second kappa shape index (κ2) is 6.94. The first-order valence-electron chi connectivity index (χ1n) is 7.26. The molecule has 2 aromatic rings. The molecule has 0 radical (unpaired) electrons. The van der Waals surface area contributed by atoms with Gasteiger partial charge in [0.15, 0.2) is 12.3 Å². The molecule has 0 spiro atoms. The van der Waals surface area contributed by atoms with Gasteiger partial charge in [-0.25, -0.2) is 0 Å². The van der Waals surface area contributed by atoms with Crippen LogP contribution >= 0.6 is 0 Å². The van der Waals surface area contributed by atoms with E-state index >= 15 is 0 Å². The van der Waals surface area contributed by atoms with Crippen LogP contribution in [-0.4, -0.2) is 24.7 Å². The maximum absolute atomic E-state index is 12.6. The number of hydrogen-bond acceptors (Lipinski definition) is 4. The number of amides is 1. The van der Waals surface area contributed by atoms with E-state index in [4.69, 9.17) is 4.74 Å². The number of aromatic nitrogens is 1. The molecule has 0 unspecified atom stereocenters. The predicted molar refractivity (Wildman–Crippen MR) is 81.0 cm³/mol. The molecule has 8 heteroatoms. The zero-order valence-corrected chi connectivity index (χ0v) is 13.5. The summed E-state index contributed by atoms with van der Waals surface area (Å²) in [4.78, 5) is 13.6. The van der Waals surface area contributed by atoms with E-state index in [2.05, 4.69) is 9.68 Å². The molecule has 0 atom stereocenters. The first kappa shape index (κ1) is 17.8. The highest BCUT2D eigenvalue weighted by atomic mass is 19.4. The Bertz CT molecular complexity index is 726. The monoisotopic (exact) mass is 342 g/mol. The van der Waals surface area contributed by atoms with Gasteiger partial charge in [-0.1, -0.05) is 30.3 Å². The lowest BCUT2D eigenvalue weighted by molar-refractivity contribution is -0.143. The fraction of sp³-hybridized carbons (Fsp3) is 0.375. The number of halogens is 3. The van der Waals surface area contributed by atoms with E-state index in [9.17, 15) is 18.0 Å². The van der Waals surface area contributed by atoms with Crippen molar-refractivity contribution in [3.8, 4) is 5.95 Å². The van der Waals surface area contributed by atoms with Crippen molar-refractivity contribution in [2.75, 3.05) is 18.6 Å². The SMILES string of the molecule is CCc1ccccc1N(C)C(=O)COc1onc(C(F)(F)F)c1C. The molecule has 0 aliphatic carbocycles. The Morgan fingerprint density at radius 1 is 1.33 bits per heavy atom. The summed E-state index contributed by atoms with van der Waals surface area (Å²) < 4.78 is 47.5. The topological polar surface area (TPSA) is 55.6 Å². The van der Waals surface area contributed by atoms with E-state index in [1.165, 1.54) is 11.8 Å². The van der Waals surface area contributed by atoms with Crippen LogP contribution in [0.5, 0.6) is 5.95 Å². The van der Waals surface area contributed by atoms with Crippen LogP contribution in [0.4, 0.5) is 18.9 Å². The van der Waals surface area contributed by atoms with Gasteiger partial charge < -0.3 is 14.2 Å². The number of aryl methyl sites for hydroxylation is 1. The van der Waals surface area contributed by atoms with Crippen molar-refractivity contribution in [2.24, 2.45) is 0 Å². The van der Waals surface area contributed by atoms with Crippen LogP contribution in [0.3, 0.4) is 0 Å². The van der Waals surface area contributed by atoms with Crippen molar-refractivity contribution in [2.45, 2.75) is 26.4 Å². The van der Waals surface area contributed by atoms with Crippen LogP contribution in [0.15, 0.2) is 28.8 Å². The van der Waals surface area contributed by atoms with Gasteiger partial charge in [-0.2, -0.15) is 13.2 Å². The molecular formula is C16H17F3N2O3. The molecule has 1 aromatic heterocycles. The second-order valence-electron chi connectivity index (χ2n) is 5.17. The van der Waals surface area contributed by atoms with Crippen molar-refractivity contribution in [1.82, 2.24) is 5.16 Å². The van der Waals surface area contributed by atoms with Crippen molar-refractivity contribution < 1.29 is 27.2 Å². The molecule has 0 fully saturated rings. The summed E-state index contributed by atoms with van der Waals surface area (Å²) in [6.45, 7) is 2.68. The molecule has 0 aliphatic rings. The minimum Gasteiger partial charge on any atom is -0.453 e. The number of hydrogen-bond donors (Lipinski definition) is 0. The normalized spacial score (nSPS) is 11.4. The van der Waals surface area contributed by atoms with Crippen molar-refractivity contribution in [3.63, 3.8) is 0 Å². The van der Waals surface area contributed by atoms with Gasteiger partial charge in [0.05, 0.1) is 5.56 Å². The molecule has 1 heterocycles. The maximum Gasteiger partial charge on any atom is 0.437 e. The fourth-order valence-electron chi connectivity index (χ4n) is 2.22. The highest BCUT2D eigenvalue weighted by molar-refractivity contribution is 5.94. The number of carbonyl (C=O) groups is 1. The van der Waals surface area contributed by atoms with Crippen LogP contribution in [-0.2, 0) is 17.4 Å². The van der Waals surface area contributed by atoms with E-state index in [0.717, 1.165) is 17.7 Å². The Morgan fingerprint density at radius 3 is 2.58 bits per heavy atom. The Morgan fingerprint density at radius 2 is 2.00 bits per heavy atom. The number of alkyl halides is 3. The van der Waals surface area contributed by atoms with Gasteiger partial charge >= 0.3 is 12.1 Å². The number of rotatable bonds is 5. The van der Waals surface area contributed by atoms with E-state index in [-0.39, 0.29) is 5.56 Å². The highest BCUT2D eigenvalue weighted by Crippen LogP contribution is 2.34. The minimum atomic E-state index is -4.63. The molecule has 0 saturated carbocycles. The van der Waals surface area contributed by atoms with Gasteiger partial charge in [0.1, 0.15) is 0 Å². The number of carbonyl (C=O) groups excluding carboxylic acids is 1. The third kappa shape index (κ3) is 3.69. The molecule has 0 N–H and O–H groups in total. The van der Waals surface area contributed by atoms with Crippen molar-refractivity contribution in [1.29, 1.82) is 0 Å². The van der Waals surface area contributed by atoms with Crippen LogP contribution in [0.25, 0.3) is 0 Å². The van der Waals surface area contributed by atoms with E-state index in [1.54, 1.807) is 19.2 Å². The second-order valence-corrected chi connectivity index (χ2v) is 5.17. The van der Waals surface area contributed by atoms with E-state index in [1.807, 2.05) is 19.1 Å². The Hall–Kier alpha value is -2.51. The lowest BCUT2D eigenvalue weighted by Crippen LogP contribution is -2.32. The van der Waals surface area contributed by atoms with Gasteiger partial charge in [0.25, 0.3) is 5.91 Å². The van der Waals surface area contributed by atoms with Crippen molar-refractivity contribution >= 4 is 11.6 Å². The summed E-state index contributed by atoms with van der Waals surface area (Å²) in [5.74, 6) is -0.826. The minimum absolute atomic E-state index is 0.285. The molecule has 1 aromatic carbocycles.